The summed E-state index contributed by atoms with van der Waals surface area (Å²) in [4.78, 5) is 3.67. The fraction of sp³-hybridized carbons (Fsp3) is 0.714. The summed E-state index contributed by atoms with van der Waals surface area (Å²) in [6.45, 7) is 5.47. The summed E-state index contributed by atoms with van der Waals surface area (Å²) in [6.07, 6.45) is 4.75. The average molecular weight is 289 g/mol. The first-order valence-electron chi connectivity index (χ1n) is 6.81. The Labute approximate surface area is 120 Å². The standard InChI is InChI=1S/C14H25ClN2S/c1-4-6-7-10-17(3)14(11(16)5-2)12-8-9-13(15)18-12/h8-9,11,14H,4-7,10,16H2,1-3H3. The summed E-state index contributed by atoms with van der Waals surface area (Å²) in [5, 5.41) is 0. The van der Waals surface area contributed by atoms with E-state index in [2.05, 4.69) is 31.9 Å². The predicted octanol–water partition coefficient (Wildman–Crippen LogP) is 4.30. The maximum absolute atomic E-state index is 6.29. The molecule has 1 heterocycles. The van der Waals surface area contributed by atoms with Gasteiger partial charge >= 0.3 is 0 Å². The highest BCUT2D eigenvalue weighted by atomic mass is 35.5. The highest BCUT2D eigenvalue weighted by Crippen LogP contribution is 2.32. The summed E-state index contributed by atoms with van der Waals surface area (Å²) in [5.41, 5.74) is 6.29. The molecule has 0 fully saturated rings. The van der Waals surface area contributed by atoms with Gasteiger partial charge in [0.25, 0.3) is 0 Å². The van der Waals surface area contributed by atoms with Crippen molar-refractivity contribution in [2.24, 2.45) is 5.73 Å². The lowest BCUT2D eigenvalue weighted by atomic mass is 10.0. The second-order valence-electron chi connectivity index (χ2n) is 4.85. The molecule has 0 saturated heterocycles. The molecule has 2 unspecified atom stereocenters. The van der Waals surface area contributed by atoms with Crippen LogP contribution >= 0.6 is 22.9 Å². The third kappa shape index (κ3) is 4.54. The van der Waals surface area contributed by atoms with Gasteiger partial charge in [-0.3, -0.25) is 4.90 Å². The van der Waals surface area contributed by atoms with Crippen LogP contribution in [0, 0.1) is 0 Å². The van der Waals surface area contributed by atoms with Crippen LogP contribution in [0.25, 0.3) is 0 Å². The molecule has 18 heavy (non-hydrogen) atoms. The van der Waals surface area contributed by atoms with E-state index in [0.717, 1.165) is 17.3 Å². The van der Waals surface area contributed by atoms with Crippen molar-refractivity contribution in [1.29, 1.82) is 0 Å². The van der Waals surface area contributed by atoms with Crippen LogP contribution in [0.2, 0.25) is 4.34 Å². The highest BCUT2D eigenvalue weighted by Gasteiger charge is 2.24. The molecule has 0 aliphatic rings. The molecule has 0 radical (unpaired) electrons. The van der Waals surface area contributed by atoms with Gasteiger partial charge in [0.05, 0.1) is 10.4 Å². The first-order chi connectivity index (χ1) is 8.60. The van der Waals surface area contributed by atoms with Crippen LogP contribution in [0.1, 0.15) is 50.4 Å². The first kappa shape index (κ1) is 16.0. The Hall–Kier alpha value is -0.0900. The Kier molecular flexibility index (Phi) is 7.23. The number of hydrogen-bond donors (Lipinski definition) is 1. The zero-order valence-electron chi connectivity index (χ0n) is 11.7. The van der Waals surface area contributed by atoms with Crippen molar-refractivity contribution >= 4 is 22.9 Å². The zero-order chi connectivity index (χ0) is 13.5. The molecule has 4 heteroatoms. The number of likely N-dealkylation sites (N-methyl/N-ethyl adjacent to an activating group) is 1. The monoisotopic (exact) mass is 288 g/mol. The largest absolute Gasteiger partial charge is 0.326 e. The zero-order valence-corrected chi connectivity index (χ0v) is 13.2. The molecular weight excluding hydrogens is 264 g/mol. The number of thiophene rings is 1. The number of unbranched alkanes of at least 4 members (excludes halogenated alkanes) is 2. The predicted molar refractivity (Wildman–Crippen MR) is 82.5 cm³/mol. The summed E-state index contributed by atoms with van der Waals surface area (Å²) in [5.74, 6) is 0. The molecule has 1 aromatic rings. The molecule has 0 amide bonds. The van der Waals surface area contributed by atoms with Crippen LogP contribution in [-0.4, -0.2) is 24.5 Å². The van der Waals surface area contributed by atoms with E-state index in [4.69, 9.17) is 17.3 Å². The van der Waals surface area contributed by atoms with Crippen molar-refractivity contribution in [2.75, 3.05) is 13.6 Å². The lowest BCUT2D eigenvalue weighted by molar-refractivity contribution is 0.209. The van der Waals surface area contributed by atoms with Gasteiger partial charge < -0.3 is 5.73 Å². The maximum atomic E-state index is 6.29. The lowest BCUT2D eigenvalue weighted by Crippen LogP contribution is -2.38. The molecule has 0 aliphatic heterocycles. The van der Waals surface area contributed by atoms with E-state index in [9.17, 15) is 0 Å². The molecule has 0 aromatic carbocycles. The second-order valence-corrected chi connectivity index (χ2v) is 6.59. The summed E-state index contributed by atoms with van der Waals surface area (Å²) in [7, 11) is 2.17. The van der Waals surface area contributed by atoms with Crippen LogP contribution in [0.3, 0.4) is 0 Å². The summed E-state index contributed by atoms with van der Waals surface area (Å²) in [6, 6.07) is 4.55. The molecule has 0 spiro atoms. The fourth-order valence-electron chi connectivity index (χ4n) is 2.22. The van der Waals surface area contributed by atoms with E-state index in [0.29, 0.717) is 6.04 Å². The molecule has 0 saturated carbocycles. The topological polar surface area (TPSA) is 29.3 Å². The van der Waals surface area contributed by atoms with Gasteiger partial charge in [-0.25, -0.2) is 0 Å². The van der Waals surface area contributed by atoms with E-state index in [-0.39, 0.29) is 6.04 Å². The summed E-state index contributed by atoms with van der Waals surface area (Å²) >= 11 is 7.69. The average Bonchev–Trinajstić information content (AvgIpc) is 2.76. The van der Waals surface area contributed by atoms with E-state index in [1.54, 1.807) is 11.3 Å². The van der Waals surface area contributed by atoms with Crippen LogP contribution in [0.15, 0.2) is 12.1 Å². The molecule has 0 bridgehead atoms. The van der Waals surface area contributed by atoms with Crippen LogP contribution in [0.5, 0.6) is 0 Å². The van der Waals surface area contributed by atoms with E-state index in [1.165, 1.54) is 24.1 Å². The quantitative estimate of drug-likeness (QED) is 0.723. The van der Waals surface area contributed by atoms with Crippen molar-refractivity contribution < 1.29 is 0 Å². The third-order valence-electron chi connectivity index (χ3n) is 3.35. The van der Waals surface area contributed by atoms with Gasteiger partial charge in [-0.05, 0) is 38.6 Å². The Morgan fingerprint density at radius 3 is 2.56 bits per heavy atom. The maximum Gasteiger partial charge on any atom is 0.0931 e. The van der Waals surface area contributed by atoms with E-state index >= 15 is 0 Å². The third-order valence-corrected chi connectivity index (χ3v) is 4.65. The number of halogens is 1. The van der Waals surface area contributed by atoms with Crippen molar-refractivity contribution in [3.63, 3.8) is 0 Å². The fourth-order valence-corrected chi connectivity index (χ4v) is 3.52. The van der Waals surface area contributed by atoms with Gasteiger partial charge in [-0.15, -0.1) is 11.3 Å². The van der Waals surface area contributed by atoms with Gasteiger partial charge in [0.1, 0.15) is 0 Å². The number of hydrogen-bond acceptors (Lipinski definition) is 3. The molecule has 0 aliphatic carbocycles. The smallest absolute Gasteiger partial charge is 0.0931 e. The molecule has 104 valence electrons. The SMILES string of the molecule is CCCCCN(C)C(c1ccc(Cl)s1)C(N)CC. The normalized spacial score (nSPS) is 15.0. The highest BCUT2D eigenvalue weighted by molar-refractivity contribution is 7.16. The molecule has 2 N–H and O–H groups in total. The Balaban J connectivity index is 2.72. The van der Waals surface area contributed by atoms with Crippen LogP contribution < -0.4 is 5.73 Å². The van der Waals surface area contributed by atoms with Gasteiger partial charge in [0.15, 0.2) is 0 Å². The van der Waals surface area contributed by atoms with Crippen molar-refractivity contribution in [1.82, 2.24) is 4.90 Å². The molecule has 1 aromatic heterocycles. The van der Waals surface area contributed by atoms with Crippen LogP contribution in [-0.2, 0) is 0 Å². The van der Waals surface area contributed by atoms with Gasteiger partial charge in [0, 0.05) is 10.9 Å². The molecular formula is C14H25ClN2S. The Bertz CT molecular complexity index is 340. The summed E-state index contributed by atoms with van der Waals surface area (Å²) < 4.78 is 0.847. The van der Waals surface area contributed by atoms with E-state index < -0.39 is 0 Å². The van der Waals surface area contributed by atoms with Crippen molar-refractivity contribution in [3.8, 4) is 0 Å². The second kappa shape index (κ2) is 8.16. The lowest BCUT2D eigenvalue weighted by Gasteiger charge is -2.31. The van der Waals surface area contributed by atoms with Crippen molar-refractivity contribution in [3.05, 3.63) is 21.3 Å². The number of nitrogens with zero attached hydrogens (tertiary/aromatic N) is 1. The first-order valence-corrected chi connectivity index (χ1v) is 8.00. The van der Waals surface area contributed by atoms with Crippen molar-refractivity contribution in [2.45, 2.75) is 51.6 Å². The minimum atomic E-state index is 0.173. The minimum Gasteiger partial charge on any atom is -0.326 e. The van der Waals surface area contributed by atoms with E-state index in [1.807, 2.05) is 6.07 Å². The Morgan fingerprint density at radius 2 is 2.06 bits per heavy atom. The Morgan fingerprint density at radius 1 is 1.33 bits per heavy atom. The molecule has 1 rings (SSSR count). The van der Waals surface area contributed by atoms with Gasteiger partial charge in [-0.1, -0.05) is 38.3 Å². The van der Waals surface area contributed by atoms with Crippen LogP contribution in [0.4, 0.5) is 0 Å². The number of nitrogens with two attached hydrogens (primary N) is 1. The minimum absolute atomic E-state index is 0.173. The van der Waals surface area contributed by atoms with Gasteiger partial charge in [0.2, 0.25) is 0 Å². The van der Waals surface area contributed by atoms with Gasteiger partial charge in [-0.2, -0.15) is 0 Å². The number of rotatable bonds is 8. The molecule has 2 nitrogen and oxygen atoms in total. The molecule has 2 atom stereocenters.